The molecular weight excluding hydrogens is 416 g/mol. The molecule has 0 fully saturated rings. The lowest BCUT2D eigenvalue weighted by atomic mass is 10.1. The number of methoxy groups -OCH3 is 1. The van der Waals surface area contributed by atoms with Gasteiger partial charge in [0.25, 0.3) is 0 Å². The standard InChI is InChI=1S/C28H46O5/c1-5-8-11-14-19-31-24-22-26(32-20-15-12-9-6-2)25(17-18-28(29)30-4)27(23-24)33-21-16-13-10-7-3/h17-18,22-23H,5-16,19-21H2,1-4H3. The summed E-state index contributed by atoms with van der Waals surface area (Å²) in [7, 11) is 1.37. The van der Waals surface area contributed by atoms with Crippen LogP contribution in [0, 0.1) is 0 Å². The van der Waals surface area contributed by atoms with Crippen LogP contribution in [0.2, 0.25) is 0 Å². The van der Waals surface area contributed by atoms with E-state index in [0.717, 1.165) is 49.8 Å². The summed E-state index contributed by atoms with van der Waals surface area (Å²) in [6.45, 7) is 8.51. The van der Waals surface area contributed by atoms with E-state index in [1.165, 1.54) is 51.7 Å². The van der Waals surface area contributed by atoms with Crippen molar-refractivity contribution in [2.45, 2.75) is 97.8 Å². The average Bonchev–Trinajstić information content (AvgIpc) is 2.82. The van der Waals surface area contributed by atoms with Crippen LogP contribution >= 0.6 is 0 Å². The van der Waals surface area contributed by atoms with E-state index < -0.39 is 5.97 Å². The molecule has 5 nitrogen and oxygen atoms in total. The summed E-state index contributed by atoms with van der Waals surface area (Å²) in [5.74, 6) is 1.70. The number of carbonyl (C=O) groups excluding carboxylic acids is 1. The Balaban J connectivity index is 3.05. The van der Waals surface area contributed by atoms with E-state index in [4.69, 9.17) is 18.9 Å². The lowest BCUT2D eigenvalue weighted by Crippen LogP contribution is -2.05. The summed E-state index contributed by atoms with van der Waals surface area (Å²) >= 11 is 0. The van der Waals surface area contributed by atoms with Gasteiger partial charge in [-0.25, -0.2) is 4.79 Å². The lowest BCUT2D eigenvalue weighted by Gasteiger charge is -2.17. The fourth-order valence-electron chi connectivity index (χ4n) is 3.42. The van der Waals surface area contributed by atoms with Crippen molar-refractivity contribution in [3.63, 3.8) is 0 Å². The van der Waals surface area contributed by atoms with Gasteiger partial charge in [-0.3, -0.25) is 0 Å². The quantitative estimate of drug-likeness (QED) is 0.113. The Morgan fingerprint density at radius 1 is 0.697 bits per heavy atom. The molecule has 33 heavy (non-hydrogen) atoms. The highest BCUT2D eigenvalue weighted by atomic mass is 16.5. The van der Waals surface area contributed by atoms with Crippen LogP contribution in [0.3, 0.4) is 0 Å². The first-order valence-electron chi connectivity index (χ1n) is 13.0. The molecule has 5 heteroatoms. The molecule has 0 amide bonds. The highest BCUT2D eigenvalue weighted by molar-refractivity contribution is 5.88. The van der Waals surface area contributed by atoms with Crippen molar-refractivity contribution in [1.82, 2.24) is 0 Å². The Morgan fingerprint density at radius 3 is 1.58 bits per heavy atom. The van der Waals surface area contributed by atoms with Gasteiger partial charge in [-0.1, -0.05) is 78.6 Å². The molecule has 0 saturated carbocycles. The molecule has 0 aliphatic carbocycles. The van der Waals surface area contributed by atoms with Crippen LogP contribution < -0.4 is 14.2 Å². The van der Waals surface area contributed by atoms with Crippen molar-refractivity contribution in [2.24, 2.45) is 0 Å². The van der Waals surface area contributed by atoms with E-state index in [9.17, 15) is 4.79 Å². The second kappa shape index (κ2) is 19.3. The third-order valence-electron chi connectivity index (χ3n) is 5.44. The Hall–Kier alpha value is -2.17. The van der Waals surface area contributed by atoms with Crippen molar-refractivity contribution in [2.75, 3.05) is 26.9 Å². The number of ether oxygens (including phenoxy) is 4. The van der Waals surface area contributed by atoms with Gasteiger partial charge in [0.05, 0.1) is 32.5 Å². The number of carbonyl (C=O) groups is 1. The predicted octanol–water partition coefficient (Wildman–Crippen LogP) is 7.75. The zero-order chi connectivity index (χ0) is 24.2. The molecule has 188 valence electrons. The maximum atomic E-state index is 11.8. The van der Waals surface area contributed by atoms with Gasteiger partial charge in [-0.2, -0.15) is 0 Å². The molecule has 0 aromatic heterocycles. The summed E-state index contributed by atoms with van der Waals surface area (Å²) in [6.07, 6.45) is 16.8. The molecule has 0 heterocycles. The Kier molecular flexibility index (Phi) is 16.9. The van der Waals surface area contributed by atoms with E-state index in [1.807, 2.05) is 12.1 Å². The Labute approximate surface area is 201 Å². The number of hydrogen-bond donors (Lipinski definition) is 0. The van der Waals surface area contributed by atoms with Crippen LogP contribution in [-0.2, 0) is 9.53 Å². The fourth-order valence-corrected chi connectivity index (χ4v) is 3.42. The molecule has 1 rings (SSSR count). The molecular formula is C28H46O5. The van der Waals surface area contributed by atoms with Crippen LogP contribution in [-0.4, -0.2) is 32.9 Å². The second-order valence-corrected chi connectivity index (χ2v) is 8.42. The van der Waals surface area contributed by atoms with Crippen LogP contribution in [0.4, 0.5) is 0 Å². The van der Waals surface area contributed by atoms with Crippen LogP contribution in [0.5, 0.6) is 17.2 Å². The third-order valence-corrected chi connectivity index (χ3v) is 5.44. The summed E-state index contributed by atoms with van der Waals surface area (Å²) in [5.41, 5.74) is 0.754. The molecule has 1 aromatic carbocycles. The normalized spacial score (nSPS) is 11.0. The first-order chi connectivity index (χ1) is 16.2. The number of unbranched alkanes of at least 4 members (excludes halogenated alkanes) is 9. The molecule has 1 aromatic rings. The zero-order valence-corrected chi connectivity index (χ0v) is 21.5. The highest BCUT2D eigenvalue weighted by Gasteiger charge is 2.14. The van der Waals surface area contributed by atoms with Gasteiger partial charge < -0.3 is 18.9 Å². The van der Waals surface area contributed by atoms with Crippen molar-refractivity contribution in [3.8, 4) is 17.2 Å². The van der Waals surface area contributed by atoms with Gasteiger partial charge in [-0.15, -0.1) is 0 Å². The number of esters is 1. The van der Waals surface area contributed by atoms with Crippen molar-refractivity contribution < 1.29 is 23.7 Å². The molecule has 0 aliphatic rings. The maximum absolute atomic E-state index is 11.8. The van der Waals surface area contributed by atoms with Crippen molar-refractivity contribution in [3.05, 3.63) is 23.8 Å². The number of benzene rings is 1. The van der Waals surface area contributed by atoms with Crippen molar-refractivity contribution >= 4 is 12.0 Å². The van der Waals surface area contributed by atoms with Gasteiger partial charge in [0.2, 0.25) is 0 Å². The minimum absolute atomic E-state index is 0.408. The SMILES string of the molecule is CCCCCCOc1cc(OCCCCCC)c(C=CC(=O)OC)c(OCCCCCC)c1. The van der Waals surface area contributed by atoms with E-state index in [-0.39, 0.29) is 0 Å². The van der Waals surface area contributed by atoms with E-state index in [1.54, 1.807) is 6.08 Å². The van der Waals surface area contributed by atoms with E-state index in [0.29, 0.717) is 31.3 Å². The Bertz CT molecular complexity index is 633. The zero-order valence-electron chi connectivity index (χ0n) is 21.5. The monoisotopic (exact) mass is 462 g/mol. The van der Waals surface area contributed by atoms with Gasteiger partial charge in [0.1, 0.15) is 17.2 Å². The molecule has 0 unspecified atom stereocenters. The van der Waals surface area contributed by atoms with Crippen LogP contribution in [0.15, 0.2) is 18.2 Å². The van der Waals surface area contributed by atoms with Crippen LogP contribution in [0.25, 0.3) is 6.08 Å². The fraction of sp³-hybridized carbons (Fsp3) is 0.679. The molecule has 0 atom stereocenters. The molecule has 0 N–H and O–H groups in total. The largest absolute Gasteiger partial charge is 0.493 e. The van der Waals surface area contributed by atoms with Crippen molar-refractivity contribution in [1.29, 1.82) is 0 Å². The first-order valence-corrected chi connectivity index (χ1v) is 13.0. The summed E-state index contributed by atoms with van der Waals surface area (Å²) in [5, 5.41) is 0. The summed E-state index contributed by atoms with van der Waals surface area (Å²) in [4.78, 5) is 11.8. The van der Waals surface area contributed by atoms with E-state index >= 15 is 0 Å². The van der Waals surface area contributed by atoms with E-state index in [2.05, 4.69) is 20.8 Å². The smallest absolute Gasteiger partial charge is 0.330 e. The highest BCUT2D eigenvalue weighted by Crippen LogP contribution is 2.36. The minimum atomic E-state index is -0.408. The van der Waals surface area contributed by atoms with Gasteiger partial charge in [0, 0.05) is 18.2 Å². The first kappa shape index (κ1) is 28.9. The number of hydrogen-bond acceptors (Lipinski definition) is 5. The second-order valence-electron chi connectivity index (χ2n) is 8.42. The van der Waals surface area contributed by atoms with Gasteiger partial charge in [0.15, 0.2) is 0 Å². The molecule has 0 radical (unpaired) electrons. The summed E-state index contributed by atoms with van der Waals surface area (Å²) < 4.78 is 23.1. The average molecular weight is 463 g/mol. The van der Waals surface area contributed by atoms with Crippen LogP contribution in [0.1, 0.15) is 103 Å². The molecule has 0 aliphatic heterocycles. The van der Waals surface area contributed by atoms with Gasteiger partial charge >= 0.3 is 5.97 Å². The summed E-state index contributed by atoms with van der Waals surface area (Å²) in [6, 6.07) is 3.83. The number of rotatable bonds is 20. The lowest BCUT2D eigenvalue weighted by molar-refractivity contribution is -0.134. The molecule has 0 spiro atoms. The Morgan fingerprint density at radius 2 is 1.15 bits per heavy atom. The predicted molar refractivity (Wildman–Crippen MR) is 136 cm³/mol. The third kappa shape index (κ3) is 13.2. The van der Waals surface area contributed by atoms with Gasteiger partial charge in [-0.05, 0) is 25.3 Å². The molecule has 0 bridgehead atoms. The minimum Gasteiger partial charge on any atom is -0.493 e. The maximum Gasteiger partial charge on any atom is 0.330 e. The molecule has 0 saturated heterocycles. The topological polar surface area (TPSA) is 54.0 Å².